The van der Waals surface area contributed by atoms with Crippen molar-refractivity contribution in [3.63, 3.8) is 0 Å². The Hall–Kier alpha value is -1.55. The van der Waals surface area contributed by atoms with Crippen molar-refractivity contribution in [1.29, 1.82) is 0 Å². The lowest BCUT2D eigenvalue weighted by molar-refractivity contribution is 0.185. The van der Waals surface area contributed by atoms with Gasteiger partial charge in [0.15, 0.2) is 5.96 Å². The van der Waals surface area contributed by atoms with Crippen LogP contribution in [0.4, 0.5) is 0 Å². The van der Waals surface area contributed by atoms with Crippen LogP contribution in [0.25, 0.3) is 0 Å². The molecule has 0 atom stereocenters. The molecule has 0 aliphatic carbocycles. The molecule has 124 valence electrons. The van der Waals surface area contributed by atoms with Crippen LogP contribution in [0.3, 0.4) is 0 Å². The van der Waals surface area contributed by atoms with Crippen molar-refractivity contribution >= 4 is 5.96 Å². The topological polar surface area (TPSA) is 45.7 Å². The van der Waals surface area contributed by atoms with E-state index in [0.29, 0.717) is 6.61 Å². The first-order valence-corrected chi connectivity index (χ1v) is 8.17. The number of nitrogens with one attached hydrogen (secondary N) is 2. The van der Waals surface area contributed by atoms with E-state index in [9.17, 15) is 0 Å². The van der Waals surface area contributed by atoms with E-state index >= 15 is 0 Å². The number of rotatable bonds is 9. The van der Waals surface area contributed by atoms with Crippen molar-refractivity contribution in [3.05, 3.63) is 35.4 Å². The maximum atomic E-state index is 5.12. The maximum absolute atomic E-state index is 5.12. The molecule has 0 unspecified atom stereocenters. The molecule has 0 spiro atoms. The third kappa shape index (κ3) is 8.03. The minimum Gasteiger partial charge on any atom is -0.380 e. The predicted molar refractivity (Wildman–Crippen MR) is 94.0 cm³/mol. The molecule has 1 aromatic carbocycles. The van der Waals surface area contributed by atoms with E-state index in [-0.39, 0.29) is 0 Å². The molecule has 0 fully saturated rings. The second kappa shape index (κ2) is 11.1. The normalized spacial score (nSPS) is 11.8. The van der Waals surface area contributed by atoms with Crippen LogP contribution in [0.15, 0.2) is 29.3 Å². The lowest BCUT2D eigenvalue weighted by Gasteiger charge is -2.12. The Morgan fingerprint density at radius 2 is 1.77 bits per heavy atom. The van der Waals surface area contributed by atoms with Crippen molar-refractivity contribution in [2.24, 2.45) is 10.9 Å². The average molecular weight is 305 g/mol. The lowest BCUT2D eigenvalue weighted by atomic mass is 10.1. The van der Waals surface area contributed by atoms with Crippen molar-refractivity contribution in [2.75, 3.05) is 20.7 Å². The Balaban J connectivity index is 2.25. The zero-order valence-corrected chi connectivity index (χ0v) is 14.5. The van der Waals surface area contributed by atoms with E-state index in [1.165, 1.54) is 30.4 Å². The van der Waals surface area contributed by atoms with Crippen LogP contribution in [0.2, 0.25) is 0 Å². The van der Waals surface area contributed by atoms with E-state index in [2.05, 4.69) is 53.7 Å². The van der Waals surface area contributed by atoms with Crippen LogP contribution in [-0.2, 0) is 17.9 Å². The Bertz CT molecular complexity index is 426. The van der Waals surface area contributed by atoms with E-state index in [4.69, 9.17) is 4.74 Å². The van der Waals surface area contributed by atoms with E-state index in [1.54, 1.807) is 7.11 Å². The zero-order chi connectivity index (χ0) is 16.2. The Morgan fingerprint density at radius 1 is 1.09 bits per heavy atom. The summed E-state index contributed by atoms with van der Waals surface area (Å²) in [4.78, 5) is 4.26. The molecule has 0 aromatic heterocycles. The van der Waals surface area contributed by atoms with Gasteiger partial charge in [0.2, 0.25) is 0 Å². The molecule has 0 aliphatic rings. The van der Waals surface area contributed by atoms with Crippen molar-refractivity contribution in [3.8, 4) is 0 Å². The van der Waals surface area contributed by atoms with Crippen LogP contribution in [0.5, 0.6) is 0 Å². The highest BCUT2D eigenvalue weighted by molar-refractivity contribution is 5.79. The second-order valence-electron chi connectivity index (χ2n) is 5.99. The monoisotopic (exact) mass is 305 g/mol. The summed E-state index contributed by atoms with van der Waals surface area (Å²) in [5, 5.41) is 6.71. The fraction of sp³-hybridized carbons (Fsp3) is 0.611. The standard InChI is InChI=1S/C18H31N3O/c1-15(2)7-5-6-12-20-18(19-3)21-13-16-8-10-17(11-9-16)14-22-4/h8-11,15H,5-7,12-14H2,1-4H3,(H2,19,20,21). The minimum atomic E-state index is 0.660. The van der Waals surface area contributed by atoms with Crippen LogP contribution in [-0.4, -0.2) is 26.7 Å². The van der Waals surface area contributed by atoms with Crippen LogP contribution < -0.4 is 10.6 Å². The number of guanidine groups is 1. The number of nitrogens with zero attached hydrogens (tertiary/aromatic N) is 1. The number of unbranched alkanes of at least 4 members (excludes halogenated alkanes) is 1. The van der Waals surface area contributed by atoms with Gasteiger partial charge in [0.05, 0.1) is 6.61 Å². The molecule has 1 rings (SSSR count). The Kier molecular flexibility index (Phi) is 9.31. The van der Waals surface area contributed by atoms with Crippen LogP contribution in [0, 0.1) is 5.92 Å². The molecule has 4 nitrogen and oxygen atoms in total. The molecule has 0 radical (unpaired) electrons. The molecule has 0 heterocycles. The third-order valence-electron chi connectivity index (χ3n) is 3.52. The van der Waals surface area contributed by atoms with Gasteiger partial charge < -0.3 is 15.4 Å². The van der Waals surface area contributed by atoms with Gasteiger partial charge in [-0.2, -0.15) is 0 Å². The molecule has 0 bridgehead atoms. The molecule has 2 N–H and O–H groups in total. The van der Waals surface area contributed by atoms with Crippen molar-refractivity contribution < 1.29 is 4.74 Å². The first-order valence-electron chi connectivity index (χ1n) is 8.17. The number of hydrogen-bond donors (Lipinski definition) is 2. The Morgan fingerprint density at radius 3 is 2.36 bits per heavy atom. The van der Waals surface area contributed by atoms with Gasteiger partial charge in [0, 0.05) is 27.2 Å². The molecule has 22 heavy (non-hydrogen) atoms. The number of aliphatic imine (C=N–C) groups is 1. The molecule has 0 saturated heterocycles. The highest BCUT2D eigenvalue weighted by Gasteiger charge is 1.99. The summed E-state index contributed by atoms with van der Waals surface area (Å²) in [7, 11) is 3.53. The molecule has 0 aliphatic heterocycles. The van der Waals surface area contributed by atoms with Gasteiger partial charge in [0.25, 0.3) is 0 Å². The number of methoxy groups -OCH3 is 1. The third-order valence-corrected chi connectivity index (χ3v) is 3.52. The quantitative estimate of drug-likeness (QED) is 0.418. The highest BCUT2D eigenvalue weighted by atomic mass is 16.5. The van der Waals surface area contributed by atoms with Gasteiger partial charge in [-0.1, -0.05) is 51.0 Å². The van der Waals surface area contributed by atoms with Gasteiger partial charge >= 0.3 is 0 Å². The van der Waals surface area contributed by atoms with E-state index < -0.39 is 0 Å². The molecule has 1 aromatic rings. The van der Waals surface area contributed by atoms with Crippen molar-refractivity contribution in [2.45, 2.75) is 46.3 Å². The summed E-state index contributed by atoms with van der Waals surface area (Å²) in [5.41, 5.74) is 2.43. The first kappa shape index (κ1) is 18.5. The smallest absolute Gasteiger partial charge is 0.191 e. The summed E-state index contributed by atoms with van der Waals surface area (Å²) in [6, 6.07) is 8.44. The van der Waals surface area contributed by atoms with Gasteiger partial charge in [-0.25, -0.2) is 0 Å². The SMILES string of the molecule is CN=C(NCCCCC(C)C)NCc1ccc(COC)cc1. The summed E-state index contributed by atoms with van der Waals surface area (Å²) in [6.07, 6.45) is 3.74. The number of ether oxygens (including phenoxy) is 1. The van der Waals surface area contributed by atoms with E-state index in [1.807, 2.05) is 7.05 Å². The average Bonchev–Trinajstić information content (AvgIpc) is 2.51. The second-order valence-corrected chi connectivity index (χ2v) is 5.99. The Labute approximate surface area is 135 Å². The van der Waals surface area contributed by atoms with Gasteiger partial charge in [0.1, 0.15) is 0 Å². The summed E-state index contributed by atoms with van der Waals surface area (Å²) in [5.74, 6) is 1.66. The largest absolute Gasteiger partial charge is 0.380 e. The lowest BCUT2D eigenvalue weighted by Crippen LogP contribution is -2.37. The van der Waals surface area contributed by atoms with Crippen molar-refractivity contribution in [1.82, 2.24) is 10.6 Å². The maximum Gasteiger partial charge on any atom is 0.191 e. The summed E-state index contributed by atoms with van der Waals surface area (Å²) < 4.78 is 5.12. The van der Waals surface area contributed by atoms with Gasteiger partial charge in [-0.3, -0.25) is 4.99 Å². The molecule has 0 saturated carbocycles. The summed E-state index contributed by atoms with van der Waals surface area (Å²) in [6.45, 7) is 6.95. The molecule has 4 heteroatoms. The van der Waals surface area contributed by atoms with E-state index in [0.717, 1.165) is 25.0 Å². The molecule has 0 amide bonds. The molecular formula is C18H31N3O. The summed E-state index contributed by atoms with van der Waals surface area (Å²) >= 11 is 0. The fourth-order valence-corrected chi connectivity index (χ4v) is 2.21. The molecular weight excluding hydrogens is 274 g/mol. The van der Waals surface area contributed by atoms with Crippen LogP contribution in [0.1, 0.15) is 44.2 Å². The minimum absolute atomic E-state index is 0.660. The highest BCUT2D eigenvalue weighted by Crippen LogP contribution is 2.06. The van der Waals surface area contributed by atoms with Gasteiger partial charge in [-0.05, 0) is 23.5 Å². The van der Waals surface area contributed by atoms with Crippen LogP contribution >= 0.6 is 0 Å². The number of benzene rings is 1. The first-order chi connectivity index (χ1) is 10.7. The van der Waals surface area contributed by atoms with Gasteiger partial charge in [-0.15, -0.1) is 0 Å². The zero-order valence-electron chi connectivity index (χ0n) is 14.5. The fourth-order valence-electron chi connectivity index (χ4n) is 2.21. The number of hydrogen-bond acceptors (Lipinski definition) is 2. The predicted octanol–water partition coefficient (Wildman–Crippen LogP) is 3.32.